The molecule has 0 aliphatic carbocycles. The first-order valence-electron chi connectivity index (χ1n) is 10.5. The van der Waals surface area contributed by atoms with Crippen molar-refractivity contribution in [3.8, 4) is 22.6 Å². The van der Waals surface area contributed by atoms with Crippen LogP contribution < -0.4 is 9.47 Å². The SMILES string of the molecule is Cc1cc(OCCCS(C)(=O)=O)ccc1-c1cccc(COc2ccc3ccoc3c2)c1. The van der Waals surface area contributed by atoms with Crippen LogP contribution in [0.4, 0.5) is 0 Å². The largest absolute Gasteiger partial charge is 0.494 e. The van der Waals surface area contributed by atoms with Gasteiger partial charge in [-0.15, -0.1) is 0 Å². The van der Waals surface area contributed by atoms with Gasteiger partial charge in [0.2, 0.25) is 0 Å². The first kappa shape index (κ1) is 22.0. The fraction of sp³-hybridized carbons (Fsp3) is 0.231. The molecule has 0 unspecified atom stereocenters. The predicted molar refractivity (Wildman–Crippen MR) is 127 cm³/mol. The van der Waals surface area contributed by atoms with Crippen LogP contribution in [0, 0.1) is 6.92 Å². The molecule has 1 heterocycles. The average Bonchev–Trinajstić information content (AvgIpc) is 3.23. The van der Waals surface area contributed by atoms with Crippen molar-refractivity contribution in [2.75, 3.05) is 18.6 Å². The second kappa shape index (κ2) is 9.49. The Kier molecular flexibility index (Phi) is 6.51. The minimum atomic E-state index is -2.96. The van der Waals surface area contributed by atoms with E-state index < -0.39 is 9.84 Å². The van der Waals surface area contributed by atoms with Gasteiger partial charge in [-0.25, -0.2) is 8.42 Å². The highest BCUT2D eigenvalue weighted by molar-refractivity contribution is 7.90. The molecule has 0 atom stereocenters. The highest BCUT2D eigenvalue weighted by Gasteiger charge is 2.07. The predicted octanol–water partition coefficient (Wildman–Crippen LogP) is 5.80. The molecule has 4 rings (SSSR count). The van der Waals surface area contributed by atoms with Gasteiger partial charge in [0.1, 0.15) is 33.5 Å². The number of ether oxygens (including phenoxy) is 2. The molecule has 4 aromatic rings. The number of furan rings is 1. The van der Waals surface area contributed by atoms with Gasteiger partial charge in [0.05, 0.1) is 18.6 Å². The fourth-order valence-corrected chi connectivity index (χ4v) is 4.22. The van der Waals surface area contributed by atoms with E-state index in [-0.39, 0.29) is 5.75 Å². The molecule has 3 aromatic carbocycles. The summed E-state index contributed by atoms with van der Waals surface area (Å²) in [6.07, 6.45) is 3.39. The molecule has 32 heavy (non-hydrogen) atoms. The number of hydrogen-bond acceptors (Lipinski definition) is 5. The zero-order valence-corrected chi connectivity index (χ0v) is 19.0. The van der Waals surface area contributed by atoms with E-state index in [9.17, 15) is 8.42 Å². The number of fused-ring (bicyclic) bond motifs is 1. The van der Waals surface area contributed by atoms with Crippen LogP contribution in [0.2, 0.25) is 0 Å². The standard InChI is InChI=1S/C26H26O5S/c1-19-15-23(29-12-4-14-32(2,27)28)9-10-25(19)22-6-3-5-20(16-22)18-31-24-8-7-21-11-13-30-26(21)17-24/h3,5-11,13,15-17H,4,12,14,18H2,1-2H3. The normalized spacial score (nSPS) is 11.6. The van der Waals surface area contributed by atoms with Crippen molar-refractivity contribution in [1.29, 1.82) is 0 Å². The third-order valence-corrected chi connectivity index (χ3v) is 6.23. The number of hydrogen-bond donors (Lipinski definition) is 0. The Morgan fingerprint density at radius 2 is 1.72 bits per heavy atom. The Labute approximate surface area is 188 Å². The maximum Gasteiger partial charge on any atom is 0.147 e. The molecule has 0 aliphatic heterocycles. The van der Waals surface area contributed by atoms with Crippen molar-refractivity contribution in [2.24, 2.45) is 0 Å². The number of aryl methyl sites for hydroxylation is 1. The Balaban J connectivity index is 1.40. The highest BCUT2D eigenvalue weighted by Crippen LogP contribution is 2.28. The van der Waals surface area contributed by atoms with Crippen LogP contribution in [0.15, 0.2) is 77.4 Å². The zero-order valence-electron chi connectivity index (χ0n) is 18.2. The highest BCUT2D eigenvalue weighted by atomic mass is 32.2. The van der Waals surface area contributed by atoms with Gasteiger partial charge in [0.25, 0.3) is 0 Å². The van der Waals surface area contributed by atoms with Crippen LogP contribution in [0.3, 0.4) is 0 Å². The van der Waals surface area contributed by atoms with Gasteiger partial charge in [0.15, 0.2) is 0 Å². The second-order valence-electron chi connectivity index (χ2n) is 7.92. The molecule has 166 valence electrons. The van der Waals surface area contributed by atoms with Gasteiger partial charge in [0, 0.05) is 17.7 Å². The van der Waals surface area contributed by atoms with E-state index in [1.807, 2.05) is 61.5 Å². The molecule has 0 amide bonds. The van der Waals surface area contributed by atoms with Crippen LogP contribution in [0.5, 0.6) is 11.5 Å². The molecular weight excluding hydrogens is 424 g/mol. The minimum Gasteiger partial charge on any atom is -0.494 e. The van der Waals surface area contributed by atoms with Crippen molar-refractivity contribution in [1.82, 2.24) is 0 Å². The Hall–Kier alpha value is -3.25. The smallest absolute Gasteiger partial charge is 0.147 e. The molecule has 0 bridgehead atoms. The van der Waals surface area contributed by atoms with Crippen molar-refractivity contribution >= 4 is 20.8 Å². The van der Waals surface area contributed by atoms with E-state index in [4.69, 9.17) is 13.9 Å². The van der Waals surface area contributed by atoms with E-state index in [1.165, 1.54) is 6.26 Å². The van der Waals surface area contributed by atoms with Gasteiger partial charge < -0.3 is 13.9 Å². The lowest BCUT2D eigenvalue weighted by Gasteiger charge is -2.12. The van der Waals surface area contributed by atoms with Crippen molar-refractivity contribution < 1.29 is 22.3 Å². The Morgan fingerprint density at radius 1 is 0.906 bits per heavy atom. The van der Waals surface area contributed by atoms with Gasteiger partial charge in [-0.1, -0.05) is 24.3 Å². The summed E-state index contributed by atoms with van der Waals surface area (Å²) in [5.74, 6) is 1.65. The molecule has 0 N–H and O–H groups in total. The van der Waals surface area contributed by atoms with E-state index in [2.05, 4.69) is 12.1 Å². The number of benzene rings is 3. The van der Waals surface area contributed by atoms with Crippen LogP contribution in [-0.2, 0) is 16.4 Å². The Morgan fingerprint density at radius 3 is 2.53 bits per heavy atom. The minimum absolute atomic E-state index is 0.133. The molecule has 0 aliphatic rings. The summed E-state index contributed by atoms with van der Waals surface area (Å²) in [5.41, 5.74) is 5.20. The van der Waals surface area contributed by atoms with E-state index in [0.29, 0.717) is 19.6 Å². The van der Waals surface area contributed by atoms with E-state index in [0.717, 1.165) is 44.7 Å². The molecule has 5 nitrogen and oxygen atoms in total. The summed E-state index contributed by atoms with van der Waals surface area (Å²) in [6, 6.07) is 22.0. The summed E-state index contributed by atoms with van der Waals surface area (Å²) in [4.78, 5) is 0. The van der Waals surface area contributed by atoms with Gasteiger partial charge in [-0.3, -0.25) is 0 Å². The lowest BCUT2D eigenvalue weighted by atomic mass is 9.99. The summed E-state index contributed by atoms with van der Waals surface area (Å²) in [6.45, 7) is 2.88. The molecule has 0 spiro atoms. The fourth-order valence-electron chi connectivity index (χ4n) is 3.58. The lowest BCUT2D eigenvalue weighted by molar-refractivity contribution is 0.306. The molecule has 0 radical (unpaired) electrons. The van der Waals surface area contributed by atoms with Crippen LogP contribution in [-0.4, -0.2) is 27.0 Å². The van der Waals surface area contributed by atoms with E-state index >= 15 is 0 Å². The lowest BCUT2D eigenvalue weighted by Crippen LogP contribution is -2.08. The molecule has 0 saturated carbocycles. The summed E-state index contributed by atoms with van der Waals surface area (Å²) >= 11 is 0. The topological polar surface area (TPSA) is 65.7 Å². The van der Waals surface area contributed by atoms with Gasteiger partial charge in [-0.2, -0.15) is 0 Å². The van der Waals surface area contributed by atoms with Crippen molar-refractivity contribution in [3.05, 3.63) is 84.1 Å². The van der Waals surface area contributed by atoms with Crippen molar-refractivity contribution in [3.63, 3.8) is 0 Å². The maximum absolute atomic E-state index is 11.2. The third-order valence-electron chi connectivity index (χ3n) is 5.20. The molecular formula is C26H26O5S. The third kappa shape index (κ3) is 5.71. The van der Waals surface area contributed by atoms with Gasteiger partial charge in [-0.05, 0) is 72.0 Å². The van der Waals surface area contributed by atoms with Gasteiger partial charge >= 0.3 is 0 Å². The first-order valence-corrected chi connectivity index (χ1v) is 12.5. The number of rotatable bonds is 9. The molecule has 1 aromatic heterocycles. The maximum atomic E-state index is 11.2. The summed E-state index contributed by atoms with van der Waals surface area (Å²) < 4.78 is 39.6. The van der Waals surface area contributed by atoms with Crippen molar-refractivity contribution in [2.45, 2.75) is 20.0 Å². The zero-order chi connectivity index (χ0) is 22.6. The van der Waals surface area contributed by atoms with E-state index in [1.54, 1.807) is 6.26 Å². The average molecular weight is 451 g/mol. The second-order valence-corrected chi connectivity index (χ2v) is 10.2. The Bertz CT molecular complexity index is 1320. The summed E-state index contributed by atoms with van der Waals surface area (Å²) in [5, 5.41) is 1.05. The molecule has 0 fully saturated rings. The van der Waals surface area contributed by atoms with Crippen LogP contribution in [0.25, 0.3) is 22.1 Å². The van der Waals surface area contributed by atoms with Crippen LogP contribution in [0.1, 0.15) is 17.5 Å². The quantitative estimate of drug-likeness (QED) is 0.302. The first-order chi connectivity index (χ1) is 15.4. The summed E-state index contributed by atoms with van der Waals surface area (Å²) in [7, 11) is -2.96. The van der Waals surface area contributed by atoms with Crippen LogP contribution >= 0.6 is 0 Å². The molecule has 6 heteroatoms. The molecule has 0 saturated heterocycles. The monoisotopic (exact) mass is 450 g/mol. The number of sulfone groups is 1.